The van der Waals surface area contributed by atoms with Gasteiger partial charge in [-0.25, -0.2) is 71.0 Å². The normalized spacial score (nSPS) is 28.3. The van der Waals surface area contributed by atoms with Crippen molar-refractivity contribution in [1.82, 2.24) is 154 Å². The molecule has 3 aromatic heterocycles. The third-order valence-corrected chi connectivity index (χ3v) is 28.0. The maximum absolute atomic E-state index is 13.4. The number of fused-ring (bicyclic) bond motifs is 14. The molecule has 17 atom stereocenters. The van der Waals surface area contributed by atoms with Crippen LogP contribution in [-0.4, -0.2) is 434 Å². The van der Waals surface area contributed by atoms with Crippen LogP contribution in [0.3, 0.4) is 0 Å². The van der Waals surface area contributed by atoms with Gasteiger partial charge in [-0.1, -0.05) is 0 Å². The Labute approximate surface area is 848 Å². The number of carbonyl (C=O) groups excluding carboxylic acids is 12. The van der Waals surface area contributed by atoms with Crippen LogP contribution in [0.5, 0.6) is 0 Å². The van der Waals surface area contributed by atoms with Crippen LogP contribution in [0.2, 0.25) is 0 Å². The van der Waals surface area contributed by atoms with Crippen LogP contribution >= 0.6 is 0 Å². The monoisotopic (exact) mass is 2260 g/mol. The molecule has 12 bridgehead atoms. The molecular weight excluding hydrogens is 2160 g/mol. The van der Waals surface area contributed by atoms with Gasteiger partial charge < -0.3 is 49.9 Å². The summed E-state index contributed by atoms with van der Waals surface area (Å²) in [6.45, 7) is 5.81. The van der Waals surface area contributed by atoms with E-state index >= 15 is 0 Å². The number of hydrogen-bond acceptors (Lipinski definition) is 46. The summed E-state index contributed by atoms with van der Waals surface area (Å²) in [7, 11) is -27.1. The Kier molecular flexibility index (Phi) is 35.7. The third kappa shape index (κ3) is 28.2. The standard InChI is InChI=1S/C14H20N6O7S.C13H18N6O7S.C12H17N5O7S.C11H17FN4O7S.C10H17N5O7S.C10H16N4O8S/c1-18-11-5-15-6-12(9(11)4-16-18)26-17-13(21)10-3-2-8-7-19(10)14(22)20(8)27-28(23,24)25;20-12(17-25-11-5-14-4-9-8(11)3-15-16-9)10-2-1-7-6-18(10)13(21)19(7)26-27(22,23)24;18-11(14-23-6-5-15-4-3-13-8-15)10-2-1-9-7-16(10)12(19)17(9)24-25(20,21)22;12-7-3-13-4-9(7)22-14-10(17)8-2-1-6-5-15(8)11(18)16(6)23-24(19,20)21;16-9(13-21-7-3-11-12-4-7)8-2-1-6-5-14(8)10(17)15(6)22-23(18,19)20;15-9(12-21-7-3-11-20-5-7)8-2-1-6-4-13(8)10(16)14(6)22-23(17,18)19/h4,8,10,12,15H,2-3,5-7H2,1H3,(H,17,21)(H,23,24,25);3,7,10-11,14H,1-2,4-6H2,(H,15,16)(H,17,20)(H,22,23,24);3-4,8-10H,1-2,5-7H2,(H,14,18)(H,20,21,22);6-9,13H,1-5H2,(H,14,17)(H,19,20,21);6-8,11-12H,1-5H2,(H,13,16)(H,18,19,20);6-8,11H,1-5H2,(H,12,15)(H,17,18,19)/t8-,10+,12?;7-,10+,11?;9-,10+;6-,7?,8+,9?;6-,8+;6-,7?,8+/m111111/s1. The fraction of sp³-hybridized carbons (Fsp3) is 0.700. The van der Waals surface area contributed by atoms with E-state index in [9.17, 15) is 112 Å². The first-order valence-electron chi connectivity index (χ1n) is 45.7. The number of carbonyl (C=O) groups is 12. The molecule has 80 heteroatoms. The van der Waals surface area contributed by atoms with Gasteiger partial charge in [-0.3, -0.25) is 111 Å². The number of nitrogens with zero attached hydrogens (tertiary/aromatic N) is 17. The highest BCUT2D eigenvalue weighted by atomic mass is 32.3. The van der Waals surface area contributed by atoms with Crippen molar-refractivity contribution in [3.8, 4) is 0 Å². The molecule has 0 aromatic carbocycles. The molecule has 0 aliphatic carbocycles. The molecule has 0 radical (unpaired) electrons. The van der Waals surface area contributed by atoms with E-state index in [4.69, 9.17) is 61.2 Å². The third-order valence-electron chi connectivity index (χ3n) is 25.9. The quantitative estimate of drug-likeness (QED) is 0.0157. The lowest BCUT2D eigenvalue weighted by Crippen LogP contribution is -2.50. The van der Waals surface area contributed by atoms with E-state index < -0.39 is 231 Å². The Morgan fingerprint density at radius 3 is 1.10 bits per heavy atom. The topological polar surface area (TPSA) is 899 Å². The number of halogens is 1. The van der Waals surface area contributed by atoms with Crippen LogP contribution < -0.4 is 65.2 Å². The molecule has 0 saturated carbocycles. The molecular formula is C70H105FN30O43S6. The summed E-state index contributed by atoms with van der Waals surface area (Å²) in [6.07, 6.45) is 8.71. The van der Waals surface area contributed by atoms with Gasteiger partial charge in [0, 0.05) is 129 Å². The van der Waals surface area contributed by atoms with E-state index in [1.54, 1.807) is 40.4 Å². The van der Waals surface area contributed by atoms with Crippen molar-refractivity contribution in [1.29, 1.82) is 0 Å². The molecule has 73 nitrogen and oxygen atoms in total. The predicted molar refractivity (Wildman–Crippen MR) is 473 cm³/mol. The Morgan fingerprint density at radius 2 is 0.760 bits per heavy atom. The molecule has 17 aliphatic heterocycles. The minimum absolute atomic E-state index is 0.0726. The van der Waals surface area contributed by atoms with Crippen molar-refractivity contribution in [2.45, 2.75) is 206 Å². The highest BCUT2D eigenvalue weighted by molar-refractivity contribution is 7.82. The van der Waals surface area contributed by atoms with Crippen LogP contribution in [0.4, 0.5) is 33.2 Å². The summed E-state index contributed by atoms with van der Waals surface area (Å²) in [4.78, 5) is 195. The number of piperidine rings is 6. The summed E-state index contributed by atoms with van der Waals surface area (Å²) in [5.41, 5.74) is 25.6. The lowest BCUT2D eigenvalue weighted by molar-refractivity contribution is -0.145. The smallest absolute Gasteiger partial charge is 0.335 e. The van der Waals surface area contributed by atoms with Crippen LogP contribution in [0.15, 0.2) is 31.1 Å². The number of aromatic amines is 1. The minimum atomic E-state index is -4.84. The average Bonchev–Trinajstić information content (AvgIpc) is 1.64. The van der Waals surface area contributed by atoms with Gasteiger partial charge in [0.1, 0.15) is 72.9 Å². The van der Waals surface area contributed by atoms with Gasteiger partial charge in [0.2, 0.25) is 0 Å². The molecule has 15 saturated heterocycles. The molecule has 20 heterocycles. The van der Waals surface area contributed by atoms with Crippen LogP contribution in [-0.2, 0) is 177 Å². The number of alkyl halides is 1. The number of imidazole rings is 1. The number of H-pyrrole nitrogens is 1. The maximum atomic E-state index is 13.4. The SMILES string of the molecule is Cn1ncc2c1CNCC2ONC(=O)[C@@H]1CC[C@@H]2CN1C(=O)N2OS(=O)(=O)O.O=C(NOC1CNCC1F)[C@@H]1CC[C@@H]2CN1C(=O)N2OS(=O)(=O)O.O=C(NOC1CNCc2[nH]ncc21)[C@@H]1CC[C@@H]2CN1C(=O)N2OS(=O)(=O)O.O=C(NOC1CNNC1)[C@@H]1CC[C@@H]2CN1C(=O)N2OS(=O)(=O)O.O=C(NOC1CNOC1)[C@@H]1CC[C@@H]2CN1C(=O)N2OS(=O)(=O)O.O=C(NOCCn1ccnc1)[C@@H]1CC[C@@H]2CN1C(=O)N2OS(=O)(=O)O. The van der Waals surface area contributed by atoms with Crippen molar-refractivity contribution in [2.24, 2.45) is 7.05 Å². The van der Waals surface area contributed by atoms with Gasteiger partial charge in [0.25, 0.3) is 35.4 Å². The lowest BCUT2D eigenvalue weighted by Gasteiger charge is -2.30. The number of aryl methyl sites for hydroxylation is 1. The molecule has 17 aliphatic rings. The second-order valence-electron chi connectivity index (χ2n) is 35.7. The van der Waals surface area contributed by atoms with E-state index in [1.807, 2.05) is 7.05 Å². The van der Waals surface area contributed by atoms with Crippen LogP contribution in [0.1, 0.15) is 112 Å². The zero-order chi connectivity index (χ0) is 108. The number of aromatic nitrogens is 6. The van der Waals surface area contributed by atoms with Crippen molar-refractivity contribution in [3.63, 3.8) is 0 Å². The van der Waals surface area contributed by atoms with Crippen LogP contribution in [0.25, 0.3) is 0 Å². The molecule has 5 unspecified atom stereocenters. The first-order chi connectivity index (χ1) is 70.9. The number of rotatable bonds is 32. The summed E-state index contributed by atoms with van der Waals surface area (Å²) in [6, 6.07) is -13.1. The molecule has 19 N–H and O–H groups in total. The Hall–Kier alpha value is -11.3. The van der Waals surface area contributed by atoms with Gasteiger partial charge in [-0.15, -0.1) is 25.7 Å². The summed E-state index contributed by atoms with van der Waals surface area (Å²) >= 11 is 0. The molecule has 20 rings (SSSR count). The average molecular weight is 2270 g/mol. The van der Waals surface area contributed by atoms with Gasteiger partial charge in [0.15, 0.2) is 0 Å². The fourth-order valence-corrected chi connectivity index (χ4v) is 21.2. The highest BCUT2D eigenvalue weighted by Crippen LogP contribution is 2.39. The summed E-state index contributed by atoms with van der Waals surface area (Å²) in [5, 5.41) is 23.5. The number of amides is 18. The zero-order valence-corrected chi connectivity index (χ0v) is 83.1. The molecule has 836 valence electrons. The lowest BCUT2D eigenvalue weighted by atomic mass is 10.0. The Balaban J connectivity index is 0.000000135. The highest BCUT2D eigenvalue weighted by Gasteiger charge is 2.57. The van der Waals surface area contributed by atoms with Crippen molar-refractivity contribution < 1.29 is 199 Å². The second kappa shape index (κ2) is 47.5. The largest absolute Gasteiger partial charge is 0.418 e. The second-order valence-corrected chi connectivity index (χ2v) is 41.7. The van der Waals surface area contributed by atoms with E-state index in [0.717, 1.165) is 27.4 Å². The maximum Gasteiger partial charge on any atom is 0.418 e. The van der Waals surface area contributed by atoms with Gasteiger partial charge in [-0.05, 0) is 77.0 Å². The summed E-state index contributed by atoms with van der Waals surface area (Å²) < 4.78 is 225. The minimum Gasteiger partial charge on any atom is -0.335 e. The van der Waals surface area contributed by atoms with Crippen molar-refractivity contribution in [2.75, 3.05) is 98.3 Å². The zero-order valence-electron chi connectivity index (χ0n) is 78.2. The fourth-order valence-electron chi connectivity index (χ4n) is 18.9. The Bertz CT molecular complexity index is 6080. The molecule has 0 spiro atoms. The number of hydroxylamine groups is 19. The number of urea groups is 6. The van der Waals surface area contributed by atoms with Gasteiger partial charge in [0.05, 0.1) is 86.1 Å². The van der Waals surface area contributed by atoms with E-state index in [2.05, 4.69) is 111 Å². The molecule has 18 amide bonds. The predicted octanol–water partition coefficient (Wildman–Crippen LogP) is -10.0. The molecule has 150 heavy (non-hydrogen) atoms. The van der Waals surface area contributed by atoms with E-state index in [0.29, 0.717) is 153 Å². The van der Waals surface area contributed by atoms with E-state index in [1.165, 1.54) is 24.5 Å². The first kappa shape index (κ1) is 113. The number of nitrogens with one attached hydrogen (secondary N) is 13. The van der Waals surface area contributed by atoms with Gasteiger partial charge >= 0.3 is 98.6 Å². The Morgan fingerprint density at radius 1 is 0.413 bits per heavy atom. The van der Waals surface area contributed by atoms with Crippen molar-refractivity contribution in [3.05, 3.63) is 53.6 Å². The molecule has 3 aromatic rings. The van der Waals surface area contributed by atoms with Gasteiger partial charge in [-0.2, -0.15) is 96.6 Å². The van der Waals surface area contributed by atoms with Crippen LogP contribution in [0, 0.1) is 0 Å². The summed E-state index contributed by atoms with van der Waals surface area (Å²) in [5.74, 6) is -3.18. The molecule has 15 fully saturated rings. The number of hydrogen-bond donors (Lipinski definition) is 19. The van der Waals surface area contributed by atoms with E-state index in [-0.39, 0.29) is 84.2 Å². The first-order valence-corrected chi connectivity index (χ1v) is 53.9. The number of hydrazine groups is 1. The van der Waals surface area contributed by atoms with Crippen molar-refractivity contribution >= 4 is 134 Å².